The maximum atomic E-state index is 6.02. The van der Waals surface area contributed by atoms with Gasteiger partial charge in [-0.2, -0.15) is 0 Å². The molecule has 0 aliphatic carbocycles. The predicted molar refractivity (Wildman–Crippen MR) is 81.8 cm³/mol. The standard InChI is InChI=1S/C15H22ClN3/c1-12-6-7-13-14(10-12)19(15(11-16)17-13)9-5-4-8-18(2)3/h6-7,10H,4-5,8-9,11H2,1-3H3. The second-order valence-corrected chi connectivity index (χ2v) is 5.58. The Morgan fingerprint density at radius 3 is 2.74 bits per heavy atom. The maximum Gasteiger partial charge on any atom is 0.124 e. The van der Waals surface area contributed by atoms with Crippen LogP contribution in [0, 0.1) is 6.92 Å². The van der Waals surface area contributed by atoms with Crippen LogP contribution in [-0.4, -0.2) is 35.1 Å². The lowest BCUT2D eigenvalue weighted by Crippen LogP contribution is -2.13. The summed E-state index contributed by atoms with van der Waals surface area (Å²) in [7, 11) is 4.22. The summed E-state index contributed by atoms with van der Waals surface area (Å²) in [6.45, 7) is 4.24. The number of halogens is 1. The van der Waals surface area contributed by atoms with Crippen LogP contribution in [0.5, 0.6) is 0 Å². The number of unbranched alkanes of at least 4 members (excludes halogenated alkanes) is 1. The number of rotatable bonds is 6. The van der Waals surface area contributed by atoms with E-state index in [2.05, 4.69) is 53.7 Å². The zero-order valence-corrected chi connectivity index (χ0v) is 12.7. The van der Waals surface area contributed by atoms with Gasteiger partial charge in [0.25, 0.3) is 0 Å². The van der Waals surface area contributed by atoms with Gasteiger partial charge >= 0.3 is 0 Å². The summed E-state index contributed by atoms with van der Waals surface area (Å²) in [5, 5.41) is 0. The Morgan fingerprint density at radius 2 is 2.05 bits per heavy atom. The van der Waals surface area contributed by atoms with E-state index in [-0.39, 0.29) is 0 Å². The lowest BCUT2D eigenvalue weighted by molar-refractivity contribution is 0.388. The van der Waals surface area contributed by atoms with Crippen molar-refractivity contribution >= 4 is 22.6 Å². The largest absolute Gasteiger partial charge is 0.327 e. The molecule has 0 spiro atoms. The van der Waals surface area contributed by atoms with Crippen molar-refractivity contribution in [2.75, 3.05) is 20.6 Å². The molecule has 0 amide bonds. The Labute approximate surface area is 120 Å². The molecule has 1 aromatic carbocycles. The summed E-state index contributed by atoms with van der Waals surface area (Å²) in [5.74, 6) is 1.45. The number of hydrogen-bond donors (Lipinski definition) is 0. The number of benzene rings is 1. The molecule has 0 saturated heterocycles. The first-order valence-electron chi connectivity index (χ1n) is 6.78. The maximum absolute atomic E-state index is 6.02. The van der Waals surface area contributed by atoms with Gasteiger partial charge in [0.05, 0.1) is 16.9 Å². The summed E-state index contributed by atoms with van der Waals surface area (Å²) in [6.07, 6.45) is 2.35. The van der Waals surface area contributed by atoms with Gasteiger partial charge in [0.2, 0.25) is 0 Å². The minimum absolute atomic E-state index is 0.474. The van der Waals surface area contributed by atoms with E-state index < -0.39 is 0 Å². The first-order chi connectivity index (χ1) is 9.11. The van der Waals surface area contributed by atoms with Crippen molar-refractivity contribution in [2.24, 2.45) is 0 Å². The molecule has 2 rings (SSSR count). The van der Waals surface area contributed by atoms with Crippen LogP contribution < -0.4 is 0 Å². The van der Waals surface area contributed by atoms with Crippen LogP contribution in [0.4, 0.5) is 0 Å². The highest BCUT2D eigenvalue weighted by Crippen LogP contribution is 2.19. The molecule has 0 aliphatic rings. The summed E-state index contributed by atoms with van der Waals surface area (Å²) < 4.78 is 2.27. The fourth-order valence-electron chi connectivity index (χ4n) is 2.33. The zero-order valence-electron chi connectivity index (χ0n) is 12.0. The van der Waals surface area contributed by atoms with Crippen molar-refractivity contribution in [1.82, 2.24) is 14.5 Å². The van der Waals surface area contributed by atoms with Crippen molar-refractivity contribution in [3.8, 4) is 0 Å². The molecule has 0 bridgehead atoms. The first kappa shape index (κ1) is 14.4. The molecule has 0 radical (unpaired) electrons. The van der Waals surface area contributed by atoms with E-state index in [9.17, 15) is 0 Å². The summed E-state index contributed by atoms with van der Waals surface area (Å²) in [6, 6.07) is 6.38. The third kappa shape index (κ3) is 3.48. The van der Waals surface area contributed by atoms with E-state index >= 15 is 0 Å². The van der Waals surface area contributed by atoms with Crippen LogP contribution in [0.25, 0.3) is 11.0 Å². The van der Waals surface area contributed by atoms with E-state index in [1.165, 1.54) is 17.5 Å². The molecule has 19 heavy (non-hydrogen) atoms. The average molecular weight is 280 g/mol. The van der Waals surface area contributed by atoms with Gasteiger partial charge in [-0.15, -0.1) is 11.6 Å². The molecule has 1 heterocycles. The number of fused-ring (bicyclic) bond motifs is 1. The van der Waals surface area contributed by atoms with Gasteiger partial charge < -0.3 is 9.47 Å². The lowest BCUT2D eigenvalue weighted by atomic mass is 10.2. The van der Waals surface area contributed by atoms with Gasteiger partial charge in [-0.05, 0) is 58.1 Å². The van der Waals surface area contributed by atoms with Crippen molar-refractivity contribution < 1.29 is 0 Å². The summed E-state index contributed by atoms with van der Waals surface area (Å²) >= 11 is 6.02. The Hall–Kier alpha value is -1.06. The lowest BCUT2D eigenvalue weighted by Gasteiger charge is -2.11. The third-order valence-corrected chi connectivity index (χ3v) is 3.58. The van der Waals surface area contributed by atoms with Gasteiger partial charge in [-0.3, -0.25) is 0 Å². The minimum atomic E-state index is 0.474. The summed E-state index contributed by atoms with van der Waals surface area (Å²) in [5.41, 5.74) is 3.53. The van der Waals surface area contributed by atoms with E-state index in [0.29, 0.717) is 5.88 Å². The van der Waals surface area contributed by atoms with Gasteiger partial charge in [0.15, 0.2) is 0 Å². The highest BCUT2D eigenvalue weighted by atomic mass is 35.5. The number of hydrogen-bond acceptors (Lipinski definition) is 2. The van der Waals surface area contributed by atoms with Crippen LogP contribution in [-0.2, 0) is 12.4 Å². The molecule has 104 valence electrons. The first-order valence-corrected chi connectivity index (χ1v) is 7.31. The predicted octanol–water partition coefficient (Wildman–Crippen LogP) is 3.43. The number of nitrogens with zero attached hydrogens (tertiary/aromatic N) is 3. The van der Waals surface area contributed by atoms with E-state index in [4.69, 9.17) is 11.6 Å². The Balaban J connectivity index is 2.17. The highest BCUT2D eigenvalue weighted by molar-refractivity contribution is 6.16. The minimum Gasteiger partial charge on any atom is -0.327 e. The summed E-state index contributed by atoms with van der Waals surface area (Å²) in [4.78, 5) is 6.83. The van der Waals surface area contributed by atoms with Crippen molar-refractivity contribution in [3.05, 3.63) is 29.6 Å². The molecular weight excluding hydrogens is 258 g/mol. The van der Waals surface area contributed by atoms with Crippen LogP contribution in [0.2, 0.25) is 0 Å². The second kappa shape index (κ2) is 6.40. The van der Waals surface area contributed by atoms with E-state index in [1.54, 1.807) is 0 Å². The molecule has 4 heteroatoms. The zero-order chi connectivity index (χ0) is 13.8. The Morgan fingerprint density at radius 1 is 1.26 bits per heavy atom. The van der Waals surface area contributed by atoms with E-state index in [0.717, 1.165) is 30.9 Å². The average Bonchev–Trinajstić information content (AvgIpc) is 2.72. The normalized spacial score (nSPS) is 11.6. The van der Waals surface area contributed by atoms with Crippen molar-refractivity contribution in [1.29, 1.82) is 0 Å². The number of alkyl halides is 1. The van der Waals surface area contributed by atoms with Crippen LogP contribution in [0.1, 0.15) is 24.2 Å². The second-order valence-electron chi connectivity index (χ2n) is 5.32. The van der Waals surface area contributed by atoms with Gasteiger partial charge in [0.1, 0.15) is 5.82 Å². The molecule has 0 N–H and O–H groups in total. The monoisotopic (exact) mass is 279 g/mol. The van der Waals surface area contributed by atoms with Gasteiger partial charge in [0, 0.05) is 6.54 Å². The fraction of sp³-hybridized carbons (Fsp3) is 0.533. The molecule has 1 aromatic heterocycles. The molecular formula is C15H22ClN3. The van der Waals surface area contributed by atoms with Gasteiger partial charge in [-0.1, -0.05) is 6.07 Å². The topological polar surface area (TPSA) is 21.1 Å². The SMILES string of the molecule is Cc1ccc2nc(CCl)n(CCCCN(C)C)c2c1. The molecule has 0 fully saturated rings. The third-order valence-electron chi connectivity index (χ3n) is 3.34. The Bertz CT molecular complexity index is 546. The molecule has 3 nitrogen and oxygen atoms in total. The van der Waals surface area contributed by atoms with Crippen molar-refractivity contribution in [2.45, 2.75) is 32.2 Å². The fourth-order valence-corrected chi connectivity index (χ4v) is 2.54. The Kier molecular flexibility index (Phi) is 4.83. The molecule has 0 atom stereocenters. The van der Waals surface area contributed by atoms with Crippen molar-refractivity contribution in [3.63, 3.8) is 0 Å². The van der Waals surface area contributed by atoms with Crippen LogP contribution >= 0.6 is 11.6 Å². The van der Waals surface area contributed by atoms with Gasteiger partial charge in [-0.25, -0.2) is 4.98 Å². The molecule has 0 unspecified atom stereocenters. The highest BCUT2D eigenvalue weighted by Gasteiger charge is 2.09. The van der Waals surface area contributed by atoms with Crippen LogP contribution in [0.3, 0.4) is 0 Å². The molecule has 0 aliphatic heterocycles. The number of imidazole rings is 1. The van der Waals surface area contributed by atoms with Crippen LogP contribution in [0.15, 0.2) is 18.2 Å². The molecule has 2 aromatic rings. The van der Waals surface area contributed by atoms with E-state index in [1.807, 2.05) is 0 Å². The smallest absolute Gasteiger partial charge is 0.124 e. The number of aryl methyl sites for hydroxylation is 2. The quantitative estimate of drug-likeness (QED) is 0.597. The molecule has 0 saturated carbocycles. The number of aromatic nitrogens is 2.